The maximum atomic E-state index is 5.78. The molecule has 0 aromatic heterocycles. The third kappa shape index (κ3) is 3.11. The summed E-state index contributed by atoms with van der Waals surface area (Å²) in [5.41, 5.74) is 6.35. The van der Waals surface area contributed by atoms with Crippen LogP contribution in [0.3, 0.4) is 0 Å². The van der Waals surface area contributed by atoms with Gasteiger partial charge in [-0.3, -0.25) is 0 Å². The van der Waals surface area contributed by atoms with Crippen molar-refractivity contribution in [2.75, 3.05) is 5.73 Å². The second-order valence-corrected chi connectivity index (χ2v) is 3.84. The summed E-state index contributed by atoms with van der Waals surface area (Å²) in [5.74, 6) is 0.718. The number of ether oxygens (including phenoxy) is 1. The summed E-state index contributed by atoms with van der Waals surface area (Å²) in [6, 6.07) is 5.30. The number of hydrogen-bond acceptors (Lipinski definition) is 2. The summed E-state index contributed by atoms with van der Waals surface area (Å²) in [6.07, 6.45) is 2.33. The predicted molar refractivity (Wildman–Crippen MR) is 60.9 cm³/mol. The highest BCUT2D eigenvalue weighted by molar-refractivity contribution is 6.30. The minimum atomic E-state index is 0.198. The Morgan fingerprint density at radius 1 is 1.50 bits per heavy atom. The van der Waals surface area contributed by atoms with Gasteiger partial charge in [0, 0.05) is 5.02 Å². The molecule has 1 rings (SSSR count). The van der Waals surface area contributed by atoms with Crippen molar-refractivity contribution in [3.63, 3.8) is 0 Å². The fraction of sp³-hybridized carbons (Fsp3) is 0.455. The van der Waals surface area contributed by atoms with E-state index in [1.807, 2.05) is 13.0 Å². The number of anilines is 1. The van der Waals surface area contributed by atoms with Crippen molar-refractivity contribution in [2.45, 2.75) is 32.8 Å². The van der Waals surface area contributed by atoms with E-state index in [0.29, 0.717) is 10.7 Å². The molecule has 0 fully saturated rings. The largest absolute Gasteiger partial charge is 0.489 e. The molecule has 1 atom stereocenters. The lowest BCUT2D eigenvalue weighted by Gasteiger charge is -2.15. The first-order chi connectivity index (χ1) is 6.63. The van der Waals surface area contributed by atoms with E-state index in [9.17, 15) is 0 Å². The van der Waals surface area contributed by atoms with Gasteiger partial charge in [-0.05, 0) is 31.5 Å². The topological polar surface area (TPSA) is 35.2 Å². The Balaban J connectivity index is 2.67. The van der Waals surface area contributed by atoms with Gasteiger partial charge in [0.1, 0.15) is 5.75 Å². The van der Waals surface area contributed by atoms with E-state index < -0.39 is 0 Å². The summed E-state index contributed by atoms with van der Waals surface area (Å²) in [4.78, 5) is 0. The lowest BCUT2D eigenvalue weighted by molar-refractivity contribution is 0.211. The Morgan fingerprint density at radius 2 is 2.21 bits per heavy atom. The van der Waals surface area contributed by atoms with Gasteiger partial charge in [-0.25, -0.2) is 0 Å². The molecule has 0 aliphatic heterocycles. The van der Waals surface area contributed by atoms with Crippen molar-refractivity contribution in [3.8, 4) is 5.75 Å². The highest BCUT2D eigenvalue weighted by atomic mass is 35.5. The summed E-state index contributed by atoms with van der Waals surface area (Å²) in [7, 11) is 0. The molecule has 0 aliphatic rings. The van der Waals surface area contributed by atoms with Crippen molar-refractivity contribution >= 4 is 17.3 Å². The Morgan fingerprint density at radius 3 is 2.79 bits per heavy atom. The minimum Gasteiger partial charge on any atom is -0.489 e. The molecule has 78 valence electrons. The lowest BCUT2D eigenvalue weighted by Crippen LogP contribution is -2.12. The Bertz CT molecular complexity index is 301. The van der Waals surface area contributed by atoms with E-state index in [-0.39, 0.29) is 6.10 Å². The number of rotatable bonds is 4. The minimum absolute atomic E-state index is 0.198. The average Bonchev–Trinajstić information content (AvgIpc) is 2.10. The normalized spacial score (nSPS) is 12.5. The van der Waals surface area contributed by atoms with Crippen molar-refractivity contribution in [3.05, 3.63) is 23.2 Å². The molecule has 3 heteroatoms. The van der Waals surface area contributed by atoms with Crippen LogP contribution >= 0.6 is 11.6 Å². The van der Waals surface area contributed by atoms with Crippen LogP contribution in [-0.4, -0.2) is 6.10 Å². The van der Waals surface area contributed by atoms with Gasteiger partial charge in [0.2, 0.25) is 0 Å². The molecule has 0 bridgehead atoms. The van der Waals surface area contributed by atoms with Gasteiger partial charge in [0.05, 0.1) is 11.8 Å². The standard InChI is InChI=1S/C11H16ClNO/c1-3-4-8(2)14-11-6-5-9(12)7-10(11)13/h5-8H,3-4,13H2,1-2H3. The van der Waals surface area contributed by atoms with Crippen LogP contribution in [0.2, 0.25) is 5.02 Å². The Hall–Kier alpha value is -0.890. The van der Waals surface area contributed by atoms with Gasteiger partial charge >= 0.3 is 0 Å². The number of halogens is 1. The van der Waals surface area contributed by atoms with Gasteiger partial charge in [0.25, 0.3) is 0 Å². The third-order valence-corrected chi connectivity index (χ3v) is 2.23. The molecule has 0 saturated heterocycles. The van der Waals surface area contributed by atoms with E-state index in [4.69, 9.17) is 22.1 Å². The molecule has 0 heterocycles. The molecular weight excluding hydrogens is 198 g/mol. The summed E-state index contributed by atoms with van der Waals surface area (Å²) in [5, 5.41) is 0.637. The van der Waals surface area contributed by atoms with Crippen LogP contribution in [0.4, 0.5) is 5.69 Å². The zero-order valence-electron chi connectivity index (χ0n) is 8.59. The van der Waals surface area contributed by atoms with Gasteiger partial charge < -0.3 is 10.5 Å². The highest BCUT2D eigenvalue weighted by Gasteiger charge is 2.05. The summed E-state index contributed by atoms with van der Waals surface area (Å²) in [6.45, 7) is 4.17. The van der Waals surface area contributed by atoms with E-state index in [1.165, 1.54) is 0 Å². The first kappa shape index (κ1) is 11.2. The molecule has 0 aliphatic carbocycles. The third-order valence-electron chi connectivity index (χ3n) is 2.00. The maximum Gasteiger partial charge on any atom is 0.142 e. The number of nitrogens with two attached hydrogens (primary N) is 1. The van der Waals surface area contributed by atoms with E-state index in [1.54, 1.807) is 12.1 Å². The Labute approximate surface area is 90.0 Å². The number of nitrogen functional groups attached to an aromatic ring is 1. The van der Waals surface area contributed by atoms with Crippen molar-refractivity contribution in [1.82, 2.24) is 0 Å². The molecule has 1 aromatic rings. The second-order valence-electron chi connectivity index (χ2n) is 3.40. The molecule has 0 saturated carbocycles. The van der Waals surface area contributed by atoms with Crippen LogP contribution in [-0.2, 0) is 0 Å². The number of benzene rings is 1. The van der Waals surface area contributed by atoms with Crippen LogP contribution < -0.4 is 10.5 Å². The molecule has 2 nitrogen and oxygen atoms in total. The molecular formula is C11H16ClNO. The summed E-state index contributed by atoms with van der Waals surface area (Å²) >= 11 is 5.78. The summed E-state index contributed by atoms with van der Waals surface area (Å²) < 4.78 is 5.66. The van der Waals surface area contributed by atoms with Crippen LogP contribution in [0.15, 0.2) is 18.2 Å². The molecule has 0 spiro atoms. The fourth-order valence-corrected chi connectivity index (χ4v) is 1.49. The van der Waals surface area contributed by atoms with Crippen LogP contribution in [0.1, 0.15) is 26.7 Å². The van der Waals surface area contributed by atoms with Crippen LogP contribution in [0.25, 0.3) is 0 Å². The first-order valence-corrected chi connectivity index (χ1v) is 5.23. The predicted octanol–water partition coefficient (Wildman–Crippen LogP) is 3.49. The molecule has 14 heavy (non-hydrogen) atoms. The van der Waals surface area contributed by atoms with Crippen molar-refractivity contribution in [2.24, 2.45) is 0 Å². The van der Waals surface area contributed by atoms with Crippen molar-refractivity contribution < 1.29 is 4.74 Å². The zero-order valence-corrected chi connectivity index (χ0v) is 9.34. The van der Waals surface area contributed by atoms with Gasteiger partial charge in [-0.15, -0.1) is 0 Å². The molecule has 1 aromatic carbocycles. The quantitative estimate of drug-likeness (QED) is 0.778. The first-order valence-electron chi connectivity index (χ1n) is 4.85. The Kier molecular flexibility index (Phi) is 4.08. The fourth-order valence-electron chi connectivity index (χ4n) is 1.31. The molecule has 1 unspecified atom stereocenters. The molecule has 0 amide bonds. The maximum absolute atomic E-state index is 5.78. The van der Waals surface area contributed by atoms with E-state index in [2.05, 4.69) is 6.92 Å². The van der Waals surface area contributed by atoms with Gasteiger partial charge in [-0.1, -0.05) is 24.9 Å². The van der Waals surface area contributed by atoms with E-state index in [0.717, 1.165) is 18.6 Å². The highest BCUT2D eigenvalue weighted by Crippen LogP contribution is 2.26. The average molecular weight is 214 g/mol. The lowest BCUT2D eigenvalue weighted by atomic mass is 10.2. The molecule has 0 radical (unpaired) electrons. The van der Waals surface area contributed by atoms with Gasteiger partial charge in [-0.2, -0.15) is 0 Å². The smallest absolute Gasteiger partial charge is 0.142 e. The van der Waals surface area contributed by atoms with E-state index >= 15 is 0 Å². The van der Waals surface area contributed by atoms with Gasteiger partial charge in [0.15, 0.2) is 0 Å². The van der Waals surface area contributed by atoms with Crippen molar-refractivity contribution in [1.29, 1.82) is 0 Å². The SMILES string of the molecule is CCCC(C)Oc1ccc(Cl)cc1N. The van der Waals surface area contributed by atoms with Crippen LogP contribution in [0, 0.1) is 0 Å². The zero-order chi connectivity index (χ0) is 10.6. The molecule has 2 N–H and O–H groups in total. The monoisotopic (exact) mass is 213 g/mol. The van der Waals surface area contributed by atoms with Crippen LogP contribution in [0.5, 0.6) is 5.75 Å². The number of hydrogen-bond donors (Lipinski definition) is 1. The second kappa shape index (κ2) is 5.11.